The molecule has 0 aromatic heterocycles. The fourth-order valence-electron chi connectivity index (χ4n) is 2.65. The minimum atomic E-state index is -3.50. The Morgan fingerprint density at radius 2 is 1.64 bits per heavy atom. The summed E-state index contributed by atoms with van der Waals surface area (Å²) < 4.78 is 52.0. The first-order chi connectivity index (χ1) is 10.6. The third-order valence-electron chi connectivity index (χ3n) is 3.89. The maximum absolute atomic E-state index is 13.0. The molecular weight excluding hydrogens is 311 g/mol. The van der Waals surface area contributed by atoms with Crippen molar-refractivity contribution >= 4 is 10.2 Å². The van der Waals surface area contributed by atoms with Crippen LogP contribution in [0.25, 0.3) is 0 Å². The smallest absolute Gasteiger partial charge is 0.282 e. The lowest BCUT2D eigenvalue weighted by molar-refractivity contribution is -0.00621. The van der Waals surface area contributed by atoms with Gasteiger partial charge in [-0.1, -0.05) is 12.1 Å². The van der Waals surface area contributed by atoms with Crippen LogP contribution in [0.3, 0.4) is 0 Å². The zero-order valence-corrected chi connectivity index (χ0v) is 13.0. The van der Waals surface area contributed by atoms with Crippen LogP contribution in [0.5, 0.6) is 0 Å². The summed E-state index contributed by atoms with van der Waals surface area (Å²) in [6, 6.07) is 5.97. The van der Waals surface area contributed by atoms with E-state index in [0.29, 0.717) is 39.5 Å². The molecule has 2 saturated heterocycles. The van der Waals surface area contributed by atoms with Crippen LogP contribution in [0.15, 0.2) is 24.3 Å². The molecule has 0 aliphatic carbocycles. The lowest BCUT2D eigenvalue weighted by Gasteiger charge is -2.36. The van der Waals surface area contributed by atoms with Gasteiger partial charge < -0.3 is 9.47 Å². The Balaban J connectivity index is 1.73. The summed E-state index contributed by atoms with van der Waals surface area (Å²) in [7, 11) is -3.50. The van der Waals surface area contributed by atoms with Crippen molar-refractivity contribution in [1.82, 2.24) is 8.61 Å². The van der Waals surface area contributed by atoms with Crippen molar-refractivity contribution in [3.05, 3.63) is 35.6 Å². The van der Waals surface area contributed by atoms with Crippen molar-refractivity contribution in [2.45, 2.75) is 6.10 Å². The Morgan fingerprint density at radius 3 is 2.32 bits per heavy atom. The van der Waals surface area contributed by atoms with Crippen molar-refractivity contribution in [3.8, 4) is 0 Å². The Hall–Kier alpha value is -1.06. The van der Waals surface area contributed by atoms with E-state index in [-0.39, 0.29) is 18.5 Å². The molecule has 8 heteroatoms. The normalized spacial score (nSPS) is 25.2. The molecule has 0 bridgehead atoms. The molecule has 22 heavy (non-hydrogen) atoms. The van der Waals surface area contributed by atoms with E-state index in [1.54, 1.807) is 12.1 Å². The molecule has 0 saturated carbocycles. The Morgan fingerprint density at radius 1 is 1.00 bits per heavy atom. The van der Waals surface area contributed by atoms with Crippen molar-refractivity contribution < 1.29 is 22.3 Å². The summed E-state index contributed by atoms with van der Waals surface area (Å²) in [5.41, 5.74) is 0.781. The van der Waals surface area contributed by atoms with Gasteiger partial charge >= 0.3 is 0 Å². The maximum atomic E-state index is 13.0. The number of hydrogen-bond donors (Lipinski definition) is 0. The topological polar surface area (TPSA) is 59.1 Å². The van der Waals surface area contributed by atoms with E-state index in [2.05, 4.69) is 0 Å². The minimum absolute atomic E-state index is 0.241. The van der Waals surface area contributed by atoms with E-state index < -0.39 is 10.2 Å². The van der Waals surface area contributed by atoms with Crippen LogP contribution in [0.2, 0.25) is 0 Å². The average Bonchev–Trinajstić information content (AvgIpc) is 2.56. The highest BCUT2D eigenvalue weighted by Crippen LogP contribution is 2.25. The van der Waals surface area contributed by atoms with Gasteiger partial charge in [-0.2, -0.15) is 17.0 Å². The fraction of sp³-hybridized carbons (Fsp3) is 0.571. The quantitative estimate of drug-likeness (QED) is 0.822. The summed E-state index contributed by atoms with van der Waals surface area (Å²) in [6.45, 7) is 2.49. The molecule has 1 aromatic rings. The fourth-order valence-corrected chi connectivity index (χ4v) is 4.22. The van der Waals surface area contributed by atoms with Crippen molar-refractivity contribution in [3.63, 3.8) is 0 Å². The van der Waals surface area contributed by atoms with Gasteiger partial charge in [-0.15, -0.1) is 0 Å². The van der Waals surface area contributed by atoms with Crippen molar-refractivity contribution in [2.75, 3.05) is 46.0 Å². The van der Waals surface area contributed by atoms with E-state index in [0.717, 1.165) is 5.56 Å². The zero-order chi connectivity index (χ0) is 15.6. The number of halogens is 1. The van der Waals surface area contributed by atoms with E-state index in [1.165, 1.54) is 20.7 Å². The van der Waals surface area contributed by atoms with Gasteiger partial charge in [-0.05, 0) is 17.7 Å². The van der Waals surface area contributed by atoms with E-state index in [1.807, 2.05) is 0 Å². The number of rotatable bonds is 3. The Labute approximate surface area is 129 Å². The summed E-state index contributed by atoms with van der Waals surface area (Å²) in [4.78, 5) is 0. The molecule has 0 spiro atoms. The molecule has 122 valence electrons. The second-order valence-corrected chi connectivity index (χ2v) is 7.22. The van der Waals surface area contributed by atoms with Gasteiger partial charge in [-0.25, -0.2) is 4.39 Å². The molecule has 2 aliphatic heterocycles. The van der Waals surface area contributed by atoms with Crippen LogP contribution in [0.4, 0.5) is 4.39 Å². The zero-order valence-electron chi connectivity index (χ0n) is 12.2. The van der Waals surface area contributed by atoms with Crippen molar-refractivity contribution in [2.24, 2.45) is 0 Å². The second kappa shape index (κ2) is 6.59. The molecule has 2 heterocycles. The summed E-state index contributed by atoms with van der Waals surface area (Å²) >= 11 is 0. The monoisotopic (exact) mass is 330 g/mol. The van der Waals surface area contributed by atoms with Gasteiger partial charge in [-0.3, -0.25) is 0 Å². The van der Waals surface area contributed by atoms with Crippen LogP contribution in [0.1, 0.15) is 11.7 Å². The summed E-state index contributed by atoms with van der Waals surface area (Å²) in [6.07, 6.45) is -0.370. The maximum Gasteiger partial charge on any atom is 0.282 e. The van der Waals surface area contributed by atoms with Crippen LogP contribution in [-0.2, 0) is 19.7 Å². The summed E-state index contributed by atoms with van der Waals surface area (Å²) in [5.74, 6) is -0.322. The van der Waals surface area contributed by atoms with Gasteiger partial charge in [0.05, 0.1) is 25.9 Å². The SMILES string of the molecule is O=S(=O)(N1CCOCC1)N1CCO[C@H](c2ccc(F)cc2)C1. The van der Waals surface area contributed by atoms with Crippen LogP contribution < -0.4 is 0 Å². The van der Waals surface area contributed by atoms with Gasteiger partial charge in [0, 0.05) is 26.2 Å². The van der Waals surface area contributed by atoms with Gasteiger partial charge in [0.1, 0.15) is 5.82 Å². The van der Waals surface area contributed by atoms with E-state index in [4.69, 9.17) is 9.47 Å². The lowest BCUT2D eigenvalue weighted by Crippen LogP contribution is -2.52. The minimum Gasteiger partial charge on any atom is -0.379 e. The predicted octanol–water partition coefficient (Wildman–Crippen LogP) is 0.776. The lowest BCUT2D eigenvalue weighted by atomic mass is 10.1. The Kier molecular flexibility index (Phi) is 4.74. The van der Waals surface area contributed by atoms with Gasteiger partial charge in [0.15, 0.2) is 0 Å². The molecule has 0 N–H and O–H groups in total. The highest BCUT2D eigenvalue weighted by atomic mass is 32.2. The van der Waals surface area contributed by atoms with Gasteiger partial charge in [0.25, 0.3) is 10.2 Å². The number of hydrogen-bond acceptors (Lipinski definition) is 4. The Bertz CT molecular complexity index is 602. The second-order valence-electron chi connectivity index (χ2n) is 5.29. The number of morpholine rings is 2. The van der Waals surface area contributed by atoms with Crippen molar-refractivity contribution in [1.29, 1.82) is 0 Å². The average molecular weight is 330 g/mol. The molecule has 6 nitrogen and oxygen atoms in total. The van der Waals surface area contributed by atoms with E-state index in [9.17, 15) is 12.8 Å². The van der Waals surface area contributed by atoms with Crippen LogP contribution in [0, 0.1) is 5.82 Å². The predicted molar refractivity (Wildman–Crippen MR) is 78.0 cm³/mol. The first-order valence-electron chi connectivity index (χ1n) is 7.27. The van der Waals surface area contributed by atoms with Gasteiger partial charge in [0.2, 0.25) is 0 Å². The van der Waals surface area contributed by atoms with E-state index >= 15 is 0 Å². The van der Waals surface area contributed by atoms with Crippen LogP contribution in [-0.4, -0.2) is 63.0 Å². The molecule has 0 radical (unpaired) electrons. The highest BCUT2D eigenvalue weighted by Gasteiger charge is 2.35. The highest BCUT2D eigenvalue weighted by molar-refractivity contribution is 7.86. The molecule has 2 fully saturated rings. The van der Waals surface area contributed by atoms with Crippen LogP contribution >= 0.6 is 0 Å². The summed E-state index contributed by atoms with van der Waals surface area (Å²) in [5, 5.41) is 0. The number of nitrogens with zero attached hydrogens (tertiary/aromatic N) is 2. The molecule has 0 unspecified atom stereocenters. The molecule has 0 amide bonds. The molecule has 1 atom stereocenters. The third-order valence-corrected chi connectivity index (χ3v) is 5.90. The number of ether oxygens (including phenoxy) is 2. The third kappa shape index (κ3) is 3.31. The standard InChI is InChI=1S/C14H19FN2O4S/c15-13-3-1-12(2-4-13)14-11-17(7-10-21-14)22(18,19)16-5-8-20-9-6-16/h1-4,14H,5-11H2/t14-/m0/s1. The molecular formula is C14H19FN2O4S. The first-order valence-corrected chi connectivity index (χ1v) is 8.67. The first kappa shape index (κ1) is 15.8. The number of benzene rings is 1. The molecule has 2 aliphatic rings. The molecule has 1 aromatic carbocycles. The molecule has 3 rings (SSSR count). The largest absolute Gasteiger partial charge is 0.379 e.